The van der Waals surface area contributed by atoms with Gasteiger partial charge >= 0.3 is 21.1 Å². The van der Waals surface area contributed by atoms with Crippen LogP contribution in [0, 0.1) is 12.4 Å². The smallest absolute Gasteiger partial charge is 0.342 e. The van der Waals surface area contributed by atoms with Crippen LogP contribution in [0.1, 0.15) is 78.2 Å². The van der Waals surface area contributed by atoms with Gasteiger partial charge in [-0.05, 0) is 36.1 Å². The molecular weight excluding hydrogens is 607 g/mol. The van der Waals surface area contributed by atoms with E-state index in [1.165, 1.54) is 0 Å². The van der Waals surface area contributed by atoms with Gasteiger partial charge in [0.15, 0.2) is 0 Å². The minimum atomic E-state index is -0.550. The van der Waals surface area contributed by atoms with Crippen LogP contribution in [0.5, 0.6) is 0 Å². The van der Waals surface area contributed by atoms with Crippen LogP contribution in [-0.4, -0.2) is 39.5 Å². The molecule has 9 heteroatoms. The normalized spacial score (nSPS) is 12.5. The third-order valence-electron chi connectivity index (χ3n) is 5.56. The zero-order chi connectivity index (χ0) is 24.0. The molecule has 0 radical (unpaired) electrons. The topological polar surface area (TPSA) is 87.2 Å². The molecule has 4 aromatic heterocycles. The monoisotopic (exact) mass is 637 g/mol. The first-order valence-electron chi connectivity index (χ1n) is 11.0. The standard InChI is InChI=1S/C25H30N8.Pt/c1-23(2,3)17-9-11-32(30-17)21-15-26-13-19(28-21)25(7,8)20-14-27-16-22(29-20)33-12-10-18(31-33)24(4,5)6;/h9-10,13-16H,1-8H3;/q-2;+2. The first-order chi connectivity index (χ1) is 15.4. The summed E-state index contributed by atoms with van der Waals surface area (Å²) in [6.45, 7) is 16.8. The van der Waals surface area contributed by atoms with Crippen LogP contribution < -0.4 is 0 Å². The fraction of sp³-hybridized carbons (Fsp3) is 0.440. The molecule has 0 N–H and O–H groups in total. The van der Waals surface area contributed by atoms with Gasteiger partial charge in [-0.15, -0.1) is 12.1 Å². The molecule has 0 fully saturated rings. The number of aromatic nitrogens is 8. The van der Waals surface area contributed by atoms with Gasteiger partial charge in [0.25, 0.3) is 0 Å². The van der Waals surface area contributed by atoms with Crippen LogP contribution >= 0.6 is 0 Å². The third-order valence-corrected chi connectivity index (χ3v) is 5.56. The summed E-state index contributed by atoms with van der Waals surface area (Å²) in [5, 5.41) is 9.28. The maximum Gasteiger partial charge on any atom is 2.00 e. The summed E-state index contributed by atoms with van der Waals surface area (Å²) in [6, 6.07) is 3.78. The SMILES string of the molecule is CC(C)(C)c1c[c-]n(-c2cncc(C(C)(C)c3cncc(-n4[c-]cc(C(C)(C)C)n4)n3)n2)n1.[Pt+2]. The van der Waals surface area contributed by atoms with Crippen molar-refractivity contribution >= 4 is 0 Å². The Balaban J connectivity index is 0.00000324. The van der Waals surface area contributed by atoms with Crippen molar-refractivity contribution in [3.8, 4) is 11.6 Å². The summed E-state index contributed by atoms with van der Waals surface area (Å²) in [7, 11) is 0. The van der Waals surface area contributed by atoms with E-state index < -0.39 is 5.41 Å². The van der Waals surface area contributed by atoms with Crippen molar-refractivity contribution < 1.29 is 21.1 Å². The van der Waals surface area contributed by atoms with Crippen molar-refractivity contribution in [3.63, 3.8) is 0 Å². The second-order valence-corrected chi connectivity index (χ2v) is 10.8. The summed E-state index contributed by atoms with van der Waals surface area (Å²) < 4.78 is 3.28. The quantitative estimate of drug-likeness (QED) is 0.313. The Morgan fingerprint density at radius 3 is 1.29 bits per heavy atom. The van der Waals surface area contributed by atoms with Gasteiger partial charge in [0.2, 0.25) is 0 Å². The maximum absolute atomic E-state index is 4.83. The fourth-order valence-corrected chi connectivity index (χ4v) is 3.19. The van der Waals surface area contributed by atoms with Gasteiger partial charge in [0.1, 0.15) is 0 Å². The largest absolute Gasteiger partial charge is 2.00 e. The summed E-state index contributed by atoms with van der Waals surface area (Å²) >= 11 is 0. The van der Waals surface area contributed by atoms with E-state index in [2.05, 4.69) is 87.9 Å². The molecule has 0 aliphatic heterocycles. The van der Waals surface area contributed by atoms with E-state index in [1.807, 2.05) is 12.1 Å². The zero-order valence-corrected chi connectivity index (χ0v) is 23.1. The Morgan fingerprint density at radius 1 is 0.588 bits per heavy atom. The molecule has 0 spiro atoms. The van der Waals surface area contributed by atoms with E-state index in [0.717, 1.165) is 22.8 Å². The molecule has 0 saturated heterocycles. The van der Waals surface area contributed by atoms with Crippen LogP contribution in [0.2, 0.25) is 0 Å². The van der Waals surface area contributed by atoms with E-state index in [1.54, 1.807) is 34.2 Å². The van der Waals surface area contributed by atoms with Crippen LogP contribution in [0.25, 0.3) is 11.6 Å². The first-order valence-corrected chi connectivity index (χ1v) is 11.0. The molecule has 4 rings (SSSR count). The minimum absolute atomic E-state index is 0. The third kappa shape index (κ3) is 5.17. The second-order valence-electron chi connectivity index (χ2n) is 10.8. The summed E-state index contributed by atoms with van der Waals surface area (Å²) in [4.78, 5) is 18.5. The van der Waals surface area contributed by atoms with E-state index in [4.69, 9.17) is 9.97 Å². The van der Waals surface area contributed by atoms with Crippen molar-refractivity contribution in [1.82, 2.24) is 39.5 Å². The molecule has 0 aliphatic rings. The molecule has 0 aliphatic carbocycles. The van der Waals surface area contributed by atoms with Crippen molar-refractivity contribution in [1.29, 1.82) is 0 Å². The fourth-order valence-electron chi connectivity index (χ4n) is 3.19. The molecule has 0 atom stereocenters. The van der Waals surface area contributed by atoms with Crippen LogP contribution in [0.3, 0.4) is 0 Å². The molecule has 0 saturated carbocycles. The summed E-state index contributed by atoms with van der Waals surface area (Å²) in [5.41, 5.74) is 2.71. The molecule has 4 aromatic rings. The maximum atomic E-state index is 4.83. The molecule has 34 heavy (non-hydrogen) atoms. The molecule has 0 aromatic carbocycles. The predicted octanol–water partition coefficient (Wildman–Crippen LogP) is 4.16. The van der Waals surface area contributed by atoms with Gasteiger partial charge in [-0.2, -0.15) is 0 Å². The number of hydrogen-bond donors (Lipinski definition) is 0. The van der Waals surface area contributed by atoms with Crippen molar-refractivity contribution in [3.05, 3.63) is 72.1 Å². The van der Waals surface area contributed by atoms with Crippen molar-refractivity contribution in [2.45, 2.75) is 71.6 Å². The van der Waals surface area contributed by atoms with Gasteiger partial charge in [0.05, 0.1) is 23.0 Å². The van der Waals surface area contributed by atoms with Crippen LogP contribution in [0.15, 0.2) is 36.9 Å². The van der Waals surface area contributed by atoms with Crippen LogP contribution in [0.4, 0.5) is 0 Å². The Bertz CT molecular complexity index is 1180. The molecular formula is C25H30N8Pt. The van der Waals surface area contributed by atoms with E-state index >= 15 is 0 Å². The molecule has 180 valence electrons. The van der Waals surface area contributed by atoms with E-state index in [9.17, 15) is 0 Å². The number of nitrogens with zero attached hydrogens (tertiary/aromatic N) is 8. The van der Waals surface area contributed by atoms with Gasteiger partial charge < -0.3 is 9.36 Å². The summed E-state index contributed by atoms with van der Waals surface area (Å²) in [6.07, 6.45) is 13.2. The van der Waals surface area contributed by atoms with Crippen molar-refractivity contribution in [2.24, 2.45) is 0 Å². The van der Waals surface area contributed by atoms with Crippen LogP contribution in [-0.2, 0) is 37.3 Å². The zero-order valence-electron chi connectivity index (χ0n) is 20.9. The Labute approximate surface area is 215 Å². The van der Waals surface area contributed by atoms with E-state index in [0.29, 0.717) is 11.6 Å². The average molecular weight is 638 g/mol. The molecule has 0 unspecified atom stereocenters. The minimum Gasteiger partial charge on any atom is -0.342 e. The molecule has 0 bridgehead atoms. The number of rotatable bonds is 4. The Kier molecular flexibility index (Phi) is 6.96. The Hall–Kier alpha value is -2.73. The molecule has 0 amide bonds. The second kappa shape index (κ2) is 9.14. The van der Waals surface area contributed by atoms with Gasteiger partial charge in [-0.25, -0.2) is 0 Å². The average Bonchev–Trinajstić information content (AvgIpc) is 3.44. The summed E-state index contributed by atoms with van der Waals surface area (Å²) in [5.74, 6) is 1.21. The predicted molar refractivity (Wildman–Crippen MR) is 126 cm³/mol. The number of hydrogen-bond acceptors (Lipinski definition) is 6. The Morgan fingerprint density at radius 2 is 0.971 bits per heavy atom. The first kappa shape index (κ1) is 25.9. The van der Waals surface area contributed by atoms with Gasteiger partial charge in [-0.1, -0.05) is 53.9 Å². The van der Waals surface area contributed by atoms with E-state index in [-0.39, 0.29) is 31.9 Å². The van der Waals surface area contributed by atoms with Gasteiger partial charge in [0, 0.05) is 30.2 Å². The molecule has 4 heterocycles. The van der Waals surface area contributed by atoms with Crippen molar-refractivity contribution in [2.75, 3.05) is 0 Å². The molecule has 8 nitrogen and oxygen atoms in total. The van der Waals surface area contributed by atoms with Gasteiger partial charge in [-0.3, -0.25) is 30.1 Å².